The van der Waals surface area contributed by atoms with E-state index in [1.165, 1.54) is 18.9 Å². The average molecular weight is 357 g/mol. The van der Waals surface area contributed by atoms with Crippen molar-refractivity contribution < 1.29 is 4.92 Å². The molecule has 0 bridgehead atoms. The molecular formula is C14H21BrN4O2. The number of aromatic nitrogens is 1. The van der Waals surface area contributed by atoms with Crippen LogP contribution in [0.2, 0.25) is 0 Å². The van der Waals surface area contributed by atoms with Crippen LogP contribution in [0.3, 0.4) is 0 Å². The summed E-state index contributed by atoms with van der Waals surface area (Å²) < 4.78 is 0.630. The van der Waals surface area contributed by atoms with Crippen molar-refractivity contribution in [3.63, 3.8) is 0 Å². The molecule has 1 saturated heterocycles. The predicted molar refractivity (Wildman–Crippen MR) is 86.7 cm³/mol. The minimum Gasteiger partial charge on any atom is -0.349 e. The van der Waals surface area contributed by atoms with Crippen LogP contribution in [0.5, 0.6) is 0 Å². The summed E-state index contributed by atoms with van der Waals surface area (Å²) in [6.45, 7) is 4.64. The predicted octanol–water partition coefficient (Wildman–Crippen LogP) is 3.11. The van der Waals surface area contributed by atoms with Crippen molar-refractivity contribution in [3.05, 3.63) is 26.9 Å². The smallest absolute Gasteiger partial charge is 0.312 e. The molecule has 21 heavy (non-hydrogen) atoms. The number of pyridine rings is 1. The SMILES string of the molecule is CCCN(CC1CCCCN1)c1ncc(Br)cc1[N+](=O)[O-]. The topological polar surface area (TPSA) is 71.3 Å². The molecule has 1 unspecified atom stereocenters. The summed E-state index contributed by atoms with van der Waals surface area (Å²) in [7, 11) is 0. The van der Waals surface area contributed by atoms with E-state index in [1.807, 2.05) is 4.90 Å². The molecule has 0 saturated carbocycles. The second-order valence-corrected chi connectivity index (χ2v) is 6.26. The fraction of sp³-hybridized carbons (Fsp3) is 0.643. The highest BCUT2D eigenvalue weighted by molar-refractivity contribution is 9.10. The van der Waals surface area contributed by atoms with Crippen LogP contribution in [0.4, 0.5) is 11.5 Å². The highest BCUT2D eigenvalue weighted by atomic mass is 79.9. The van der Waals surface area contributed by atoms with Gasteiger partial charge < -0.3 is 10.2 Å². The molecule has 1 aromatic heterocycles. The molecule has 1 atom stereocenters. The summed E-state index contributed by atoms with van der Waals surface area (Å²) in [5.41, 5.74) is 0.0636. The van der Waals surface area contributed by atoms with Gasteiger partial charge in [-0.2, -0.15) is 0 Å². The largest absolute Gasteiger partial charge is 0.349 e. The molecule has 7 heteroatoms. The molecule has 0 radical (unpaired) electrons. The Balaban J connectivity index is 2.22. The van der Waals surface area contributed by atoms with Crippen LogP contribution < -0.4 is 10.2 Å². The first-order valence-corrected chi connectivity index (χ1v) is 8.19. The van der Waals surface area contributed by atoms with E-state index in [0.29, 0.717) is 16.3 Å². The first-order chi connectivity index (χ1) is 10.1. The lowest BCUT2D eigenvalue weighted by atomic mass is 10.0. The van der Waals surface area contributed by atoms with Crippen molar-refractivity contribution in [1.29, 1.82) is 0 Å². The molecule has 1 aliphatic rings. The van der Waals surface area contributed by atoms with Crippen LogP contribution in [0.1, 0.15) is 32.6 Å². The van der Waals surface area contributed by atoms with Crippen molar-refractivity contribution in [2.24, 2.45) is 0 Å². The number of piperidine rings is 1. The minimum atomic E-state index is -0.357. The summed E-state index contributed by atoms with van der Waals surface area (Å²) in [6.07, 6.45) is 6.10. The fourth-order valence-corrected chi connectivity index (χ4v) is 3.02. The van der Waals surface area contributed by atoms with E-state index in [4.69, 9.17) is 0 Å². The van der Waals surface area contributed by atoms with Crippen LogP contribution in [0.15, 0.2) is 16.7 Å². The number of nitrogens with one attached hydrogen (secondary N) is 1. The van der Waals surface area contributed by atoms with Gasteiger partial charge in [0.15, 0.2) is 0 Å². The number of halogens is 1. The van der Waals surface area contributed by atoms with Gasteiger partial charge in [0.05, 0.1) is 4.92 Å². The number of hydrogen-bond donors (Lipinski definition) is 1. The maximum Gasteiger partial charge on any atom is 0.312 e. The van der Waals surface area contributed by atoms with Gasteiger partial charge in [-0.1, -0.05) is 13.3 Å². The second kappa shape index (κ2) is 7.70. The third-order valence-corrected chi connectivity index (χ3v) is 4.09. The zero-order valence-electron chi connectivity index (χ0n) is 12.2. The normalized spacial score (nSPS) is 18.5. The monoisotopic (exact) mass is 356 g/mol. The fourth-order valence-electron chi connectivity index (χ4n) is 2.70. The zero-order chi connectivity index (χ0) is 15.2. The molecule has 116 valence electrons. The lowest BCUT2D eigenvalue weighted by molar-refractivity contribution is -0.384. The number of nitro groups is 1. The highest BCUT2D eigenvalue weighted by Gasteiger charge is 2.24. The first-order valence-electron chi connectivity index (χ1n) is 7.40. The van der Waals surface area contributed by atoms with Crippen LogP contribution in [-0.2, 0) is 0 Å². The van der Waals surface area contributed by atoms with E-state index < -0.39 is 0 Å². The molecule has 1 N–H and O–H groups in total. The van der Waals surface area contributed by atoms with Crippen molar-refractivity contribution >= 4 is 27.4 Å². The second-order valence-electron chi connectivity index (χ2n) is 5.35. The van der Waals surface area contributed by atoms with Gasteiger partial charge >= 0.3 is 5.69 Å². The summed E-state index contributed by atoms with van der Waals surface area (Å²) in [5, 5.41) is 14.8. The van der Waals surface area contributed by atoms with E-state index in [0.717, 1.165) is 32.5 Å². The first kappa shape index (κ1) is 16.2. The minimum absolute atomic E-state index is 0.0636. The van der Waals surface area contributed by atoms with Crippen LogP contribution in [0, 0.1) is 10.1 Å². The van der Waals surface area contributed by atoms with Crippen LogP contribution >= 0.6 is 15.9 Å². The molecule has 1 fully saturated rings. The molecule has 2 heterocycles. The zero-order valence-corrected chi connectivity index (χ0v) is 13.8. The van der Waals surface area contributed by atoms with Crippen molar-refractivity contribution in [2.75, 3.05) is 24.5 Å². The Bertz CT molecular complexity index is 492. The Morgan fingerprint density at radius 3 is 3.00 bits per heavy atom. The van der Waals surface area contributed by atoms with Gasteiger partial charge in [0.1, 0.15) is 0 Å². The van der Waals surface area contributed by atoms with Gasteiger partial charge in [-0.25, -0.2) is 4.98 Å². The summed E-state index contributed by atoms with van der Waals surface area (Å²) in [4.78, 5) is 17.2. The van der Waals surface area contributed by atoms with E-state index in [1.54, 1.807) is 6.20 Å². The Hall–Kier alpha value is -1.21. The Morgan fingerprint density at radius 2 is 2.38 bits per heavy atom. The van der Waals surface area contributed by atoms with Gasteiger partial charge in [0.25, 0.3) is 0 Å². The van der Waals surface area contributed by atoms with Crippen LogP contribution in [0.25, 0.3) is 0 Å². The number of hydrogen-bond acceptors (Lipinski definition) is 5. The van der Waals surface area contributed by atoms with Gasteiger partial charge in [0, 0.05) is 35.9 Å². The molecular weight excluding hydrogens is 336 g/mol. The van der Waals surface area contributed by atoms with Gasteiger partial charge in [0.2, 0.25) is 5.82 Å². The Kier molecular flexibility index (Phi) is 5.93. The molecule has 0 amide bonds. The molecule has 1 aromatic rings. The van der Waals surface area contributed by atoms with E-state index in [-0.39, 0.29) is 10.6 Å². The Labute approximate surface area is 133 Å². The molecule has 1 aliphatic heterocycles. The van der Waals surface area contributed by atoms with Crippen molar-refractivity contribution in [1.82, 2.24) is 10.3 Å². The number of nitrogens with zero attached hydrogens (tertiary/aromatic N) is 3. The Morgan fingerprint density at radius 1 is 1.57 bits per heavy atom. The van der Waals surface area contributed by atoms with E-state index >= 15 is 0 Å². The van der Waals surface area contributed by atoms with Crippen LogP contribution in [-0.4, -0.2) is 35.6 Å². The third-order valence-electron chi connectivity index (χ3n) is 3.66. The molecule has 0 spiro atoms. The summed E-state index contributed by atoms with van der Waals surface area (Å²) >= 11 is 3.25. The highest BCUT2D eigenvalue weighted by Crippen LogP contribution is 2.29. The van der Waals surface area contributed by atoms with Crippen molar-refractivity contribution in [3.8, 4) is 0 Å². The lowest BCUT2D eigenvalue weighted by Crippen LogP contribution is -2.44. The van der Waals surface area contributed by atoms with Crippen molar-refractivity contribution in [2.45, 2.75) is 38.6 Å². The molecule has 0 aromatic carbocycles. The van der Waals surface area contributed by atoms with E-state index in [9.17, 15) is 10.1 Å². The maximum absolute atomic E-state index is 11.3. The molecule has 0 aliphatic carbocycles. The number of anilines is 1. The summed E-state index contributed by atoms with van der Waals surface area (Å²) in [5.74, 6) is 0.470. The average Bonchev–Trinajstić information content (AvgIpc) is 2.48. The summed E-state index contributed by atoms with van der Waals surface area (Å²) in [6, 6.07) is 1.91. The quantitative estimate of drug-likeness (QED) is 0.626. The van der Waals surface area contributed by atoms with E-state index in [2.05, 4.69) is 33.2 Å². The van der Waals surface area contributed by atoms with Gasteiger partial charge in [-0.3, -0.25) is 10.1 Å². The van der Waals surface area contributed by atoms with Gasteiger partial charge in [-0.15, -0.1) is 0 Å². The van der Waals surface area contributed by atoms with Gasteiger partial charge in [-0.05, 0) is 41.7 Å². The lowest BCUT2D eigenvalue weighted by Gasteiger charge is -2.31. The molecule has 6 nitrogen and oxygen atoms in total. The maximum atomic E-state index is 11.3. The number of rotatable bonds is 6. The molecule has 2 rings (SSSR count). The standard InChI is InChI=1S/C14H21BrN4O2/c1-2-7-18(10-12-5-3-4-6-16-12)14-13(19(20)21)8-11(15)9-17-14/h8-9,12,16H,2-7,10H2,1H3. The third kappa shape index (κ3) is 4.38.